The minimum absolute atomic E-state index is 0.143. The molecule has 0 radical (unpaired) electrons. The van der Waals surface area contributed by atoms with Gasteiger partial charge in [0.15, 0.2) is 0 Å². The highest BCUT2D eigenvalue weighted by atomic mass is 16.5. The molecule has 0 aliphatic carbocycles. The molecule has 0 atom stereocenters. The monoisotopic (exact) mass is 257 g/mol. The summed E-state index contributed by atoms with van der Waals surface area (Å²) < 4.78 is 5.67. The Morgan fingerprint density at radius 2 is 1.74 bits per heavy atom. The molecule has 2 aromatic rings. The SMILES string of the molecule is CNc1cncc(Oc2ccc(C(C)(C)C)cc2)n1. The van der Waals surface area contributed by atoms with E-state index in [-0.39, 0.29) is 5.41 Å². The summed E-state index contributed by atoms with van der Waals surface area (Å²) in [6.07, 6.45) is 3.24. The Bertz CT molecular complexity index is 544. The topological polar surface area (TPSA) is 47.0 Å². The molecule has 0 unspecified atom stereocenters. The molecule has 0 fully saturated rings. The van der Waals surface area contributed by atoms with Crippen molar-refractivity contribution in [3.63, 3.8) is 0 Å². The molecule has 100 valence electrons. The Balaban J connectivity index is 2.15. The van der Waals surface area contributed by atoms with Crippen LogP contribution < -0.4 is 10.1 Å². The summed E-state index contributed by atoms with van der Waals surface area (Å²) in [5.74, 6) is 1.93. The molecule has 19 heavy (non-hydrogen) atoms. The number of nitrogens with zero attached hydrogens (tertiary/aromatic N) is 2. The van der Waals surface area contributed by atoms with E-state index in [2.05, 4.69) is 48.2 Å². The van der Waals surface area contributed by atoms with Crippen LogP contribution in [0.2, 0.25) is 0 Å². The molecule has 1 aromatic carbocycles. The number of hydrogen-bond donors (Lipinski definition) is 1. The van der Waals surface area contributed by atoms with Gasteiger partial charge in [-0.1, -0.05) is 32.9 Å². The van der Waals surface area contributed by atoms with E-state index in [0.717, 1.165) is 5.75 Å². The molecule has 0 saturated carbocycles. The van der Waals surface area contributed by atoms with Crippen molar-refractivity contribution in [1.29, 1.82) is 0 Å². The van der Waals surface area contributed by atoms with Crippen LogP contribution in [0.1, 0.15) is 26.3 Å². The van der Waals surface area contributed by atoms with Crippen LogP contribution in [-0.2, 0) is 5.41 Å². The van der Waals surface area contributed by atoms with Crippen molar-refractivity contribution in [2.75, 3.05) is 12.4 Å². The first-order valence-electron chi connectivity index (χ1n) is 6.27. The Hall–Kier alpha value is -2.10. The Labute approximate surface area is 113 Å². The van der Waals surface area contributed by atoms with Gasteiger partial charge >= 0.3 is 0 Å². The second-order valence-electron chi connectivity index (χ2n) is 5.37. The van der Waals surface area contributed by atoms with Gasteiger partial charge in [0.05, 0.1) is 12.4 Å². The number of nitrogens with one attached hydrogen (secondary N) is 1. The number of benzene rings is 1. The van der Waals surface area contributed by atoms with Gasteiger partial charge in [-0.15, -0.1) is 0 Å². The lowest BCUT2D eigenvalue weighted by Gasteiger charge is -2.19. The molecule has 0 spiro atoms. The molecule has 0 bridgehead atoms. The third-order valence-electron chi connectivity index (χ3n) is 2.81. The Kier molecular flexibility index (Phi) is 3.69. The average Bonchev–Trinajstić information content (AvgIpc) is 2.38. The number of aromatic nitrogens is 2. The number of hydrogen-bond acceptors (Lipinski definition) is 4. The van der Waals surface area contributed by atoms with Gasteiger partial charge in [-0.25, -0.2) is 0 Å². The fourth-order valence-electron chi connectivity index (χ4n) is 1.66. The van der Waals surface area contributed by atoms with Gasteiger partial charge in [0.25, 0.3) is 0 Å². The fraction of sp³-hybridized carbons (Fsp3) is 0.333. The second kappa shape index (κ2) is 5.26. The summed E-state index contributed by atoms with van der Waals surface area (Å²) in [7, 11) is 1.80. The van der Waals surface area contributed by atoms with Gasteiger partial charge in [-0.05, 0) is 23.1 Å². The van der Waals surface area contributed by atoms with Crippen molar-refractivity contribution in [1.82, 2.24) is 9.97 Å². The van der Waals surface area contributed by atoms with Crippen molar-refractivity contribution in [3.8, 4) is 11.6 Å². The molecule has 1 aromatic heterocycles. The standard InChI is InChI=1S/C15H19N3O/c1-15(2,3)11-5-7-12(8-6-11)19-14-10-17-9-13(16-4)18-14/h5-10H,1-4H3,(H,16,18). The number of rotatable bonds is 3. The van der Waals surface area contributed by atoms with Crippen LogP contribution in [0.25, 0.3) is 0 Å². The average molecular weight is 257 g/mol. The first-order chi connectivity index (χ1) is 8.99. The molecule has 1 heterocycles. The van der Waals surface area contributed by atoms with Crippen molar-refractivity contribution in [2.45, 2.75) is 26.2 Å². The number of ether oxygens (including phenoxy) is 1. The zero-order chi connectivity index (χ0) is 13.9. The molecule has 0 saturated heterocycles. The highest BCUT2D eigenvalue weighted by Gasteiger charge is 2.13. The molecular formula is C15H19N3O. The zero-order valence-electron chi connectivity index (χ0n) is 11.8. The molecule has 4 heteroatoms. The fourth-order valence-corrected chi connectivity index (χ4v) is 1.66. The molecule has 4 nitrogen and oxygen atoms in total. The Morgan fingerprint density at radius 3 is 2.32 bits per heavy atom. The van der Waals surface area contributed by atoms with Crippen LogP contribution in [0.5, 0.6) is 11.6 Å². The first-order valence-corrected chi connectivity index (χ1v) is 6.27. The highest BCUT2D eigenvalue weighted by molar-refractivity contribution is 5.36. The minimum Gasteiger partial charge on any atom is -0.437 e. The van der Waals surface area contributed by atoms with E-state index < -0.39 is 0 Å². The Morgan fingerprint density at radius 1 is 1.05 bits per heavy atom. The molecule has 0 aliphatic rings. The zero-order valence-corrected chi connectivity index (χ0v) is 11.8. The van der Waals surface area contributed by atoms with E-state index >= 15 is 0 Å². The normalized spacial score (nSPS) is 11.2. The van der Waals surface area contributed by atoms with E-state index in [1.807, 2.05) is 12.1 Å². The van der Waals surface area contributed by atoms with Crippen LogP contribution in [-0.4, -0.2) is 17.0 Å². The minimum atomic E-state index is 0.143. The lowest BCUT2D eigenvalue weighted by molar-refractivity contribution is 0.460. The molecule has 2 rings (SSSR count). The quantitative estimate of drug-likeness (QED) is 0.912. The summed E-state index contributed by atoms with van der Waals surface area (Å²) in [5.41, 5.74) is 1.42. The molecule has 0 aliphatic heterocycles. The molecule has 0 amide bonds. The summed E-state index contributed by atoms with van der Waals surface area (Å²) in [6, 6.07) is 8.05. The van der Waals surface area contributed by atoms with Crippen molar-refractivity contribution < 1.29 is 4.74 Å². The maximum Gasteiger partial charge on any atom is 0.239 e. The van der Waals surface area contributed by atoms with Gasteiger partial charge in [0.2, 0.25) is 5.88 Å². The van der Waals surface area contributed by atoms with Crippen LogP contribution in [0.3, 0.4) is 0 Å². The summed E-state index contributed by atoms with van der Waals surface area (Å²) in [5, 5.41) is 2.93. The predicted octanol–water partition coefficient (Wildman–Crippen LogP) is 3.61. The third-order valence-corrected chi connectivity index (χ3v) is 2.81. The lowest BCUT2D eigenvalue weighted by atomic mass is 9.87. The van der Waals surface area contributed by atoms with E-state index in [1.165, 1.54) is 5.56 Å². The second-order valence-corrected chi connectivity index (χ2v) is 5.37. The highest BCUT2D eigenvalue weighted by Crippen LogP contribution is 2.26. The van der Waals surface area contributed by atoms with Gasteiger partial charge in [0.1, 0.15) is 11.6 Å². The van der Waals surface area contributed by atoms with E-state index in [9.17, 15) is 0 Å². The predicted molar refractivity (Wildman–Crippen MR) is 76.8 cm³/mol. The van der Waals surface area contributed by atoms with E-state index in [0.29, 0.717) is 11.7 Å². The molecular weight excluding hydrogens is 238 g/mol. The lowest BCUT2D eigenvalue weighted by Crippen LogP contribution is -2.10. The van der Waals surface area contributed by atoms with Crippen molar-refractivity contribution in [2.24, 2.45) is 0 Å². The summed E-state index contributed by atoms with van der Waals surface area (Å²) in [4.78, 5) is 8.32. The number of anilines is 1. The maximum absolute atomic E-state index is 5.67. The summed E-state index contributed by atoms with van der Waals surface area (Å²) >= 11 is 0. The van der Waals surface area contributed by atoms with Crippen LogP contribution in [0.15, 0.2) is 36.7 Å². The van der Waals surface area contributed by atoms with Crippen molar-refractivity contribution in [3.05, 3.63) is 42.2 Å². The van der Waals surface area contributed by atoms with Crippen LogP contribution in [0, 0.1) is 0 Å². The van der Waals surface area contributed by atoms with Gasteiger partial charge < -0.3 is 10.1 Å². The van der Waals surface area contributed by atoms with E-state index in [1.54, 1.807) is 19.4 Å². The van der Waals surface area contributed by atoms with Gasteiger partial charge in [0, 0.05) is 7.05 Å². The van der Waals surface area contributed by atoms with Crippen molar-refractivity contribution >= 4 is 5.82 Å². The van der Waals surface area contributed by atoms with Crippen LogP contribution in [0.4, 0.5) is 5.82 Å². The maximum atomic E-state index is 5.67. The first kappa shape index (κ1) is 13.3. The molecule has 1 N–H and O–H groups in total. The van der Waals surface area contributed by atoms with E-state index in [4.69, 9.17) is 4.74 Å². The van der Waals surface area contributed by atoms with Gasteiger partial charge in [-0.3, -0.25) is 4.98 Å². The van der Waals surface area contributed by atoms with Gasteiger partial charge in [-0.2, -0.15) is 4.98 Å². The third kappa shape index (κ3) is 3.44. The van der Waals surface area contributed by atoms with Crippen LogP contribution >= 0.6 is 0 Å². The summed E-state index contributed by atoms with van der Waals surface area (Å²) in [6.45, 7) is 6.56. The largest absolute Gasteiger partial charge is 0.437 e. The smallest absolute Gasteiger partial charge is 0.239 e.